The Labute approximate surface area is 121 Å². The molecule has 3 rings (SSSR count). The lowest BCUT2D eigenvalue weighted by atomic mass is 10.0. The first-order valence-electron chi connectivity index (χ1n) is 6.75. The maximum absolute atomic E-state index is 11.7. The van der Waals surface area contributed by atoms with Crippen LogP contribution in [0.5, 0.6) is 0 Å². The first-order valence-corrected chi connectivity index (χ1v) is 7.57. The van der Waals surface area contributed by atoms with Crippen LogP contribution < -0.4 is 0 Å². The third kappa shape index (κ3) is 2.35. The summed E-state index contributed by atoms with van der Waals surface area (Å²) in [6, 6.07) is 4.18. The predicted octanol–water partition coefficient (Wildman–Crippen LogP) is 2.44. The quantitative estimate of drug-likeness (QED) is 0.797. The maximum Gasteiger partial charge on any atom is 0.308 e. The van der Waals surface area contributed by atoms with Gasteiger partial charge in [-0.2, -0.15) is 0 Å². The van der Waals surface area contributed by atoms with Crippen molar-refractivity contribution in [1.29, 1.82) is 0 Å². The third-order valence-electron chi connectivity index (χ3n) is 3.74. The first-order chi connectivity index (χ1) is 9.69. The first kappa shape index (κ1) is 13.3. The molecule has 0 saturated heterocycles. The van der Waals surface area contributed by atoms with Gasteiger partial charge in [0.2, 0.25) is 0 Å². The van der Waals surface area contributed by atoms with E-state index in [1.165, 1.54) is 12.0 Å². The number of ether oxygens (including phenoxy) is 1. The Kier molecular flexibility index (Phi) is 3.56. The second kappa shape index (κ2) is 5.36. The molecule has 0 aliphatic carbocycles. The molecule has 0 fully saturated rings. The van der Waals surface area contributed by atoms with Crippen molar-refractivity contribution in [1.82, 2.24) is 14.8 Å². The van der Waals surface area contributed by atoms with E-state index in [4.69, 9.17) is 4.74 Å². The zero-order valence-corrected chi connectivity index (χ0v) is 12.4. The van der Waals surface area contributed by atoms with E-state index >= 15 is 0 Å². The minimum Gasteiger partial charge on any atom is -0.469 e. The van der Waals surface area contributed by atoms with Gasteiger partial charge in [-0.05, 0) is 31.9 Å². The zero-order valence-electron chi connectivity index (χ0n) is 11.6. The van der Waals surface area contributed by atoms with Crippen LogP contribution >= 0.6 is 11.3 Å². The van der Waals surface area contributed by atoms with Gasteiger partial charge >= 0.3 is 5.97 Å². The Hall–Kier alpha value is -1.69. The molecule has 0 radical (unpaired) electrons. The number of carbonyl (C=O) groups excluding carboxylic acids is 1. The van der Waals surface area contributed by atoms with Gasteiger partial charge in [-0.1, -0.05) is 0 Å². The van der Waals surface area contributed by atoms with Crippen LogP contribution in [0.15, 0.2) is 12.1 Å². The van der Waals surface area contributed by atoms with Crippen LogP contribution in [0.3, 0.4) is 0 Å². The van der Waals surface area contributed by atoms with Crippen molar-refractivity contribution in [2.75, 3.05) is 7.11 Å². The molecule has 5 nitrogen and oxygen atoms in total. The summed E-state index contributed by atoms with van der Waals surface area (Å²) >= 11 is 1.72. The number of hydrogen-bond donors (Lipinski definition) is 0. The summed E-state index contributed by atoms with van der Waals surface area (Å²) in [7, 11) is 1.45. The van der Waals surface area contributed by atoms with E-state index in [0.717, 1.165) is 42.3 Å². The van der Waals surface area contributed by atoms with E-state index in [9.17, 15) is 4.79 Å². The van der Waals surface area contributed by atoms with Crippen molar-refractivity contribution in [3.05, 3.63) is 22.8 Å². The summed E-state index contributed by atoms with van der Waals surface area (Å²) in [5, 5.41) is 8.61. The highest BCUT2D eigenvalue weighted by molar-refractivity contribution is 7.15. The fourth-order valence-corrected chi connectivity index (χ4v) is 3.49. The number of fused-ring (bicyclic) bond motifs is 1. The molecule has 0 amide bonds. The smallest absolute Gasteiger partial charge is 0.308 e. The number of esters is 1. The number of aryl methyl sites for hydroxylation is 2. The second-order valence-corrected chi connectivity index (χ2v) is 6.34. The molecule has 1 unspecified atom stereocenters. The van der Waals surface area contributed by atoms with E-state index in [-0.39, 0.29) is 11.9 Å². The highest BCUT2D eigenvalue weighted by Gasteiger charge is 2.26. The van der Waals surface area contributed by atoms with E-state index in [1.807, 2.05) is 0 Å². The number of rotatable bonds is 2. The van der Waals surface area contributed by atoms with Gasteiger partial charge in [0, 0.05) is 17.8 Å². The van der Waals surface area contributed by atoms with E-state index in [1.54, 1.807) is 11.3 Å². The third-order valence-corrected chi connectivity index (χ3v) is 4.74. The monoisotopic (exact) mass is 291 g/mol. The van der Waals surface area contributed by atoms with Crippen LogP contribution in [0.4, 0.5) is 0 Å². The van der Waals surface area contributed by atoms with Gasteiger partial charge in [0.05, 0.1) is 17.9 Å². The van der Waals surface area contributed by atoms with Gasteiger partial charge in [-0.3, -0.25) is 4.79 Å². The van der Waals surface area contributed by atoms with Crippen LogP contribution in [0.1, 0.15) is 23.5 Å². The fraction of sp³-hybridized carbons (Fsp3) is 0.500. The Morgan fingerprint density at radius 3 is 2.95 bits per heavy atom. The summed E-state index contributed by atoms with van der Waals surface area (Å²) in [5.74, 6) is 1.75. The predicted molar refractivity (Wildman–Crippen MR) is 76.5 cm³/mol. The molecule has 0 spiro atoms. The Morgan fingerprint density at radius 1 is 1.40 bits per heavy atom. The summed E-state index contributed by atoms with van der Waals surface area (Å²) in [4.78, 5) is 14.1. The summed E-state index contributed by atoms with van der Waals surface area (Å²) in [6.07, 6.45) is 2.35. The SMILES string of the molecule is COC(=O)C1CCc2nnc(-c3ccc(C)s3)n2CC1. The van der Waals surface area contributed by atoms with Crippen molar-refractivity contribution >= 4 is 17.3 Å². The lowest BCUT2D eigenvalue weighted by molar-refractivity contribution is -0.145. The van der Waals surface area contributed by atoms with Crippen molar-refractivity contribution in [3.8, 4) is 10.7 Å². The molecule has 1 aliphatic rings. The standard InChI is InChI=1S/C14H17N3O2S/c1-9-3-5-11(20-9)13-16-15-12-6-4-10(14(18)19-2)7-8-17(12)13/h3,5,10H,4,6-8H2,1-2H3. The Morgan fingerprint density at radius 2 is 2.25 bits per heavy atom. The number of nitrogens with zero attached hydrogens (tertiary/aromatic N) is 3. The lowest BCUT2D eigenvalue weighted by Crippen LogP contribution is -2.16. The molecule has 0 N–H and O–H groups in total. The number of thiophene rings is 1. The van der Waals surface area contributed by atoms with Gasteiger partial charge in [0.15, 0.2) is 5.82 Å². The second-order valence-electron chi connectivity index (χ2n) is 5.05. The molecule has 0 bridgehead atoms. The van der Waals surface area contributed by atoms with Crippen molar-refractivity contribution in [3.63, 3.8) is 0 Å². The molecule has 2 aromatic rings. The van der Waals surface area contributed by atoms with Crippen molar-refractivity contribution < 1.29 is 9.53 Å². The van der Waals surface area contributed by atoms with Crippen molar-refractivity contribution in [2.45, 2.75) is 32.7 Å². The summed E-state index contributed by atoms with van der Waals surface area (Å²) in [6.45, 7) is 2.86. The molecule has 106 valence electrons. The molecule has 3 heterocycles. The number of methoxy groups -OCH3 is 1. The highest BCUT2D eigenvalue weighted by Crippen LogP contribution is 2.29. The Balaban J connectivity index is 1.87. The van der Waals surface area contributed by atoms with Crippen LogP contribution in [-0.2, 0) is 22.5 Å². The van der Waals surface area contributed by atoms with E-state index in [0.29, 0.717) is 0 Å². The van der Waals surface area contributed by atoms with Crippen LogP contribution in [0.25, 0.3) is 10.7 Å². The lowest BCUT2D eigenvalue weighted by Gasteiger charge is -2.10. The molecule has 2 aromatic heterocycles. The molecule has 20 heavy (non-hydrogen) atoms. The minimum atomic E-state index is -0.114. The number of aromatic nitrogens is 3. The van der Waals surface area contributed by atoms with E-state index in [2.05, 4.69) is 33.8 Å². The molecule has 6 heteroatoms. The minimum absolute atomic E-state index is 0.0281. The van der Waals surface area contributed by atoms with Crippen LogP contribution in [0.2, 0.25) is 0 Å². The van der Waals surface area contributed by atoms with Gasteiger partial charge < -0.3 is 9.30 Å². The summed E-state index contributed by atoms with van der Waals surface area (Å²) in [5.41, 5.74) is 0. The van der Waals surface area contributed by atoms with Crippen LogP contribution in [0, 0.1) is 12.8 Å². The molecule has 0 aromatic carbocycles. The number of carbonyl (C=O) groups is 1. The maximum atomic E-state index is 11.7. The summed E-state index contributed by atoms with van der Waals surface area (Å²) < 4.78 is 7.00. The molecule has 0 saturated carbocycles. The normalized spacial score (nSPS) is 18.4. The van der Waals surface area contributed by atoms with E-state index < -0.39 is 0 Å². The molecule has 1 aliphatic heterocycles. The highest BCUT2D eigenvalue weighted by atomic mass is 32.1. The van der Waals surface area contributed by atoms with Crippen molar-refractivity contribution in [2.24, 2.45) is 5.92 Å². The van der Waals surface area contributed by atoms with Gasteiger partial charge in [0.25, 0.3) is 0 Å². The zero-order chi connectivity index (χ0) is 14.1. The molecule has 1 atom stereocenters. The van der Waals surface area contributed by atoms with Gasteiger partial charge in [-0.15, -0.1) is 21.5 Å². The largest absolute Gasteiger partial charge is 0.469 e. The molecular formula is C14H17N3O2S. The van der Waals surface area contributed by atoms with Gasteiger partial charge in [0.1, 0.15) is 5.82 Å². The Bertz CT molecular complexity index is 632. The molecular weight excluding hydrogens is 274 g/mol. The van der Waals surface area contributed by atoms with Crippen LogP contribution in [-0.4, -0.2) is 27.8 Å². The average molecular weight is 291 g/mol. The topological polar surface area (TPSA) is 57.0 Å². The van der Waals surface area contributed by atoms with Gasteiger partial charge in [-0.25, -0.2) is 0 Å². The fourth-order valence-electron chi connectivity index (χ4n) is 2.63. The number of hydrogen-bond acceptors (Lipinski definition) is 5. The average Bonchev–Trinajstić information content (AvgIpc) is 2.99.